The van der Waals surface area contributed by atoms with Crippen LogP contribution in [0.15, 0.2) is 24.3 Å². The van der Waals surface area contributed by atoms with Crippen LogP contribution >= 0.6 is 0 Å². The summed E-state index contributed by atoms with van der Waals surface area (Å²) in [5.41, 5.74) is 3.15. The Morgan fingerprint density at radius 2 is 1.76 bits per heavy atom. The van der Waals surface area contributed by atoms with E-state index in [2.05, 4.69) is 49.9 Å². The molecule has 0 amide bonds. The lowest BCUT2D eigenvalue weighted by atomic mass is 9.83. The second kappa shape index (κ2) is 5.19. The number of nitrogens with zero attached hydrogens (tertiary/aromatic N) is 1. The molecular weight excluding hydrogens is 210 g/mol. The summed E-state index contributed by atoms with van der Waals surface area (Å²) in [5, 5.41) is 0. The Hall–Kier alpha value is -0.860. The van der Waals surface area contributed by atoms with Crippen molar-refractivity contribution in [2.45, 2.75) is 32.7 Å². The van der Waals surface area contributed by atoms with Gasteiger partial charge in [-0.1, -0.05) is 45.0 Å². The van der Waals surface area contributed by atoms with Crippen LogP contribution in [0.5, 0.6) is 0 Å². The maximum atomic E-state index is 5.39. The first kappa shape index (κ1) is 12.6. The molecule has 1 aromatic carbocycles. The minimum absolute atomic E-state index is 0.225. The summed E-state index contributed by atoms with van der Waals surface area (Å²) in [6.07, 6.45) is 0. The molecule has 1 heterocycles. The zero-order valence-electron chi connectivity index (χ0n) is 11.2. The molecule has 1 aliphatic rings. The maximum absolute atomic E-state index is 5.39. The van der Waals surface area contributed by atoms with Crippen LogP contribution in [0.1, 0.15) is 31.9 Å². The summed E-state index contributed by atoms with van der Waals surface area (Å²) in [7, 11) is 0. The van der Waals surface area contributed by atoms with E-state index in [0.717, 1.165) is 32.8 Å². The van der Waals surface area contributed by atoms with E-state index in [4.69, 9.17) is 4.74 Å². The number of benzene rings is 1. The van der Waals surface area contributed by atoms with Crippen molar-refractivity contribution < 1.29 is 4.74 Å². The van der Waals surface area contributed by atoms with Crippen LogP contribution < -0.4 is 0 Å². The minimum atomic E-state index is 0.225. The van der Waals surface area contributed by atoms with Crippen LogP contribution in [0.25, 0.3) is 0 Å². The third kappa shape index (κ3) is 3.30. The second-order valence-electron chi connectivity index (χ2n) is 5.80. The summed E-state index contributed by atoms with van der Waals surface area (Å²) in [6, 6.07) is 8.81. The van der Waals surface area contributed by atoms with E-state index in [-0.39, 0.29) is 5.41 Å². The van der Waals surface area contributed by atoms with E-state index in [1.807, 2.05) is 0 Å². The molecule has 0 aromatic heterocycles. The molecule has 0 saturated carbocycles. The minimum Gasteiger partial charge on any atom is -0.379 e. The SMILES string of the molecule is CC(C)(C)c1ccccc1CN1CCOCC1. The Bertz CT molecular complexity index is 361. The smallest absolute Gasteiger partial charge is 0.0594 e. The maximum Gasteiger partial charge on any atom is 0.0594 e. The predicted molar refractivity (Wildman–Crippen MR) is 71.2 cm³/mol. The van der Waals surface area contributed by atoms with Crippen molar-refractivity contribution in [3.05, 3.63) is 35.4 Å². The second-order valence-corrected chi connectivity index (χ2v) is 5.80. The number of ether oxygens (including phenoxy) is 1. The first-order valence-corrected chi connectivity index (χ1v) is 6.46. The number of hydrogen-bond donors (Lipinski definition) is 0. The Morgan fingerprint density at radius 3 is 2.41 bits per heavy atom. The third-order valence-corrected chi connectivity index (χ3v) is 3.32. The van der Waals surface area contributed by atoms with E-state index in [0.29, 0.717) is 0 Å². The molecule has 0 bridgehead atoms. The van der Waals surface area contributed by atoms with Gasteiger partial charge in [0.15, 0.2) is 0 Å². The molecule has 0 atom stereocenters. The Balaban J connectivity index is 2.14. The lowest BCUT2D eigenvalue weighted by molar-refractivity contribution is 0.0340. The van der Waals surface area contributed by atoms with Gasteiger partial charge in [-0.25, -0.2) is 0 Å². The fourth-order valence-corrected chi connectivity index (χ4v) is 2.39. The number of morpholine rings is 1. The van der Waals surface area contributed by atoms with Crippen molar-refractivity contribution in [3.8, 4) is 0 Å². The molecule has 1 saturated heterocycles. The first-order valence-electron chi connectivity index (χ1n) is 6.46. The molecule has 2 heteroatoms. The van der Waals surface area contributed by atoms with Gasteiger partial charge in [-0.3, -0.25) is 4.90 Å². The van der Waals surface area contributed by atoms with Gasteiger partial charge >= 0.3 is 0 Å². The van der Waals surface area contributed by atoms with Crippen molar-refractivity contribution >= 4 is 0 Å². The summed E-state index contributed by atoms with van der Waals surface area (Å²) in [5.74, 6) is 0. The average Bonchev–Trinajstić information content (AvgIpc) is 2.30. The van der Waals surface area contributed by atoms with Gasteiger partial charge in [-0.15, -0.1) is 0 Å². The van der Waals surface area contributed by atoms with Crippen LogP contribution in [-0.4, -0.2) is 31.2 Å². The third-order valence-electron chi connectivity index (χ3n) is 3.32. The van der Waals surface area contributed by atoms with Crippen LogP contribution in [0, 0.1) is 0 Å². The summed E-state index contributed by atoms with van der Waals surface area (Å²) >= 11 is 0. The molecule has 2 nitrogen and oxygen atoms in total. The number of rotatable bonds is 2. The molecule has 0 spiro atoms. The van der Waals surface area contributed by atoms with Gasteiger partial charge in [0.25, 0.3) is 0 Å². The predicted octanol–water partition coefficient (Wildman–Crippen LogP) is 2.82. The van der Waals surface area contributed by atoms with Crippen LogP contribution in [0.2, 0.25) is 0 Å². The standard InChI is InChI=1S/C15H23NO/c1-15(2,3)14-7-5-4-6-13(14)12-16-8-10-17-11-9-16/h4-7H,8-12H2,1-3H3. The van der Waals surface area contributed by atoms with Crippen LogP contribution in [-0.2, 0) is 16.7 Å². The summed E-state index contributed by atoms with van der Waals surface area (Å²) in [6.45, 7) is 11.8. The number of hydrogen-bond acceptors (Lipinski definition) is 2. The molecule has 2 rings (SSSR count). The van der Waals surface area contributed by atoms with Crippen molar-refractivity contribution in [3.63, 3.8) is 0 Å². The molecule has 94 valence electrons. The molecule has 1 aromatic rings. The monoisotopic (exact) mass is 233 g/mol. The Labute approximate surface area is 105 Å². The summed E-state index contributed by atoms with van der Waals surface area (Å²) < 4.78 is 5.39. The molecule has 0 unspecified atom stereocenters. The van der Waals surface area contributed by atoms with Crippen LogP contribution in [0.4, 0.5) is 0 Å². The van der Waals surface area contributed by atoms with Gasteiger partial charge in [0.1, 0.15) is 0 Å². The van der Waals surface area contributed by atoms with E-state index in [1.54, 1.807) is 0 Å². The van der Waals surface area contributed by atoms with Crippen molar-refractivity contribution in [2.75, 3.05) is 26.3 Å². The van der Waals surface area contributed by atoms with E-state index in [1.165, 1.54) is 11.1 Å². The normalized spacial score (nSPS) is 18.3. The van der Waals surface area contributed by atoms with E-state index in [9.17, 15) is 0 Å². The highest BCUT2D eigenvalue weighted by molar-refractivity contribution is 5.32. The lowest BCUT2D eigenvalue weighted by Gasteiger charge is -2.30. The van der Waals surface area contributed by atoms with Gasteiger partial charge in [-0.05, 0) is 16.5 Å². The molecule has 1 aliphatic heterocycles. The highest BCUT2D eigenvalue weighted by Crippen LogP contribution is 2.26. The van der Waals surface area contributed by atoms with E-state index >= 15 is 0 Å². The average molecular weight is 233 g/mol. The lowest BCUT2D eigenvalue weighted by Crippen LogP contribution is -2.36. The molecule has 0 radical (unpaired) electrons. The van der Waals surface area contributed by atoms with Gasteiger partial charge in [0.05, 0.1) is 13.2 Å². The zero-order chi connectivity index (χ0) is 12.3. The van der Waals surface area contributed by atoms with Gasteiger partial charge in [0.2, 0.25) is 0 Å². The van der Waals surface area contributed by atoms with Crippen LogP contribution in [0.3, 0.4) is 0 Å². The highest BCUT2D eigenvalue weighted by Gasteiger charge is 2.19. The van der Waals surface area contributed by atoms with Gasteiger partial charge in [-0.2, -0.15) is 0 Å². The van der Waals surface area contributed by atoms with E-state index < -0.39 is 0 Å². The fourth-order valence-electron chi connectivity index (χ4n) is 2.39. The Morgan fingerprint density at radius 1 is 1.12 bits per heavy atom. The Kier molecular flexibility index (Phi) is 3.85. The molecule has 1 fully saturated rings. The fraction of sp³-hybridized carbons (Fsp3) is 0.600. The molecular formula is C15H23NO. The first-order chi connectivity index (χ1) is 8.07. The van der Waals surface area contributed by atoms with Gasteiger partial charge in [0, 0.05) is 19.6 Å². The topological polar surface area (TPSA) is 12.5 Å². The van der Waals surface area contributed by atoms with Gasteiger partial charge < -0.3 is 4.74 Å². The van der Waals surface area contributed by atoms with Crippen molar-refractivity contribution in [2.24, 2.45) is 0 Å². The summed E-state index contributed by atoms with van der Waals surface area (Å²) in [4.78, 5) is 2.48. The quantitative estimate of drug-likeness (QED) is 0.779. The molecule has 0 aliphatic carbocycles. The molecule has 0 N–H and O–H groups in total. The largest absolute Gasteiger partial charge is 0.379 e. The van der Waals surface area contributed by atoms with Crippen molar-refractivity contribution in [1.29, 1.82) is 0 Å². The zero-order valence-corrected chi connectivity index (χ0v) is 11.2. The highest BCUT2D eigenvalue weighted by atomic mass is 16.5. The van der Waals surface area contributed by atoms with Crippen molar-refractivity contribution in [1.82, 2.24) is 4.90 Å². The molecule has 17 heavy (non-hydrogen) atoms.